The van der Waals surface area contributed by atoms with E-state index in [0.29, 0.717) is 11.7 Å². The molecule has 1 heteroatoms. The van der Waals surface area contributed by atoms with Gasteiger partial charge in [0.15, 0.2) is 0 Å². The summed E-state index contributed by atoms with van der Waals surface area (Å²) in [6.45, 7) is 0. The van der Waals surface area contributed by atoms with Crippen LogP contribution in [-0.2, 0) is 11.2 Å². The fraction of sp³-hybridized carbons (Fsp3) is 0.611. The number of hydrogen-bond acceptors (Lipinski definition) is 1. The standard InChI is InChI=1S/C18H26O/c19-18-14-8-13-17(15-18)12-5-2-1-4-9-16-10-6-3-7-11-16/h3,6-7,10-11,17H,1-2,4-5,8-9,12-15H2/t17-/m1/s1. The normalized spacial score (nSPS) is 19.6. The van der Waals surface area contributed by atoms with E-state index >= 15 is 0 Å². The summed E-state index contributed by atoms with van der Waals surface area (Å²) in [6, 6.07) is 10.8. The molecule has 1 fully saturated rings. The average Bonchev–Trinajstić information content (AvgIpc) is 2.44. The van der Waals surface area contributed by atoms with Crippen LogP contribution >= 0.6 is 0 Å². The summed E-state index contributed by atoms with van der Waals surface area (Å²) >= 11 is 0. The summed E-state index contributed by atoms with van der Waals surface area (Å²) in [5.74, 6) is 1.20. The van der Waals surface area contributed by atoms with Crippen molar-refractivity contribution in [3.63, 3.8) is 0 Å². The molecule has 1 nitrogen and oxygen atoms in total. The Morgan fingerprint density at radius 3 is 2.58 bits per heavy atom. The zero-order valence-corrected chi connectivity index (χ0v) is 11.9. The molecule has 0 aromatic heterocycles. The lowest BCUT2D eigenvalue weighted by atomic mass is 9.85. The zero-order chi connectivity index (χ0) is 13.3. The van der Waals surface area contributed by atoms with Gasteiger partial charge in [-0.3, -0.25) is 4.79 Å². The van der Waals surface area contributed by atoms with E-state index in [-0.39, 0.29) is 0 Å². The Bertz CT molecular complexity index is 369. The zero-order valence-electron chi connectivity index (χ0n) is 11.9. The topological polar surface area (TPSA) is 17.1 Å². The SMILES string of the molecule is O=C1CCC[C@@H](CCCCCCc2ccccc2)C1. The number of ketones is 1. The van der Waals surface area contributed by atoms with Crippen molar-refractivity contribution in [3.05, 3.63) is 35.9 Å². The minimum Gasteiger partial charge on any atom is -0.300 e. The summed E-state index contributed by atoms with van der Waals surface area (Å²) in [5.41, 5.74) is 1.46. The van der Waals surface area contributed by atoms with E-state index in [1.54, 1.807) is 0 Å². The van der Waals surface area contributed by atoms with E-state index in [4.69, 9.17) is 0 Å². The Hall–Kier alpha value is -1.11. The van der Waals surface area contributed by atoms with E-state index in [1.807, 2.05) is 0 Å². The summed E-state index contributed by atoms with van der Waals surface area (Å²) < 4.78 is 0. The predicted octanol–water partition coefficient (Wildman–Crippen LogP) is 4.94. The first-order valence-electron chi connectivity index (χ1n) is 7.90. The second-order valence-electron chi connectivity index (χ2n) is 5.94. The van der Waals surface area contributed by atoms with Crippen LogP contribution in [0.25, 0.3) is 0 Å². The van der Waals surface area contributed by atoms with Crippen molar-refractivity contribution < 1.29 is 4.79 Å². The maximum atomic E-state index is 11.4. The first-order valence-corrected chi connectivity index (χ1v) is 7.90. The largest absolute Gasteiger partial charge is 0.300 e. The van der Waals surface area contributed by atoms with Crippen LogP contribution in [0.5, 0.6) is 0 Å². The Kier molecular flexibility index (Phi) is 6.13. The number of benzene rings is 1. The van der Waals surface area contributed by atoms with E-state index in [2.05, 4.69) is 30.3 Å². The van der Waals surface area contributed by atoms with Crippen LogP contribution in [0.15, 0.2) is 30.3 Å². The van der Waals surface area contributed by atoms with Crippen LogP contribution in [0.3, 0.4) is 0 Å². The molecule has 0 saturated heterocycles. The van der Waals surface area contributed by atoms with Crippen LogP contribution in [-0.4, -0.2) is 5.78 Å². The molecule has 0 spiro atoms. The highest BCUT2D eigenvalue weighted by atomic mass is 16.1. The molecule has 1 aromatic carbocycles. The van der Waals surface area contributed by atoms with Gasteiger partial charge in [-0.05, 0) is 37.2 Å². The Morgan fingerprint density at radius 1 is 1.00 bits per heavy atom. The molecule has 1 aromatic rings. The molecule has 0 unspecified atom stereocenters. The highest BCUT2D eigenvalue weighted by Crippen LogP contribution is 2.26. The van der Waals surface area contributed by atoms with Gasteiger partial charge in [-0.1, -0.05) is 56.0 Å². The molecule has 0 radical (unpaired) electrons. The first-order chi connectivity index (χ1) is 9.34. The smallest absolute Gasteiger partial charge is 0.133 e. The van der Waals surface area contributed by atoms with Gasteiger partial charge in [0.25, 0.3) is 0 Å². The van der Waals surface area contributed by atoms with Crippen LogP contribution in [0.2, 0.25) is 0 Å². The monoisotopic (exact) mass is 258 g/mol. The molecule has 104 valence electrons. The van der Waals surface area contributed by atoms with Gasteiger partial charge in [0.1, 0.15) is 5.78 Å². The number of unbranched alkanes of at least 4 members (excludes halogenated alkanes) is 3. The molecular formula is C18H26O. The quantitative estimate of drug-likeness (QED) is 0.633. The minimum absolute atomic E-state index is 0.500. The molecule has 1 aliphatic carbocycles. The molecule has 1 saturated carbocycles. The van der Waals surface area contributed by atoms with Crippen LogP contribution in [0.4, 0.5) is 0 Å². The number of Topliss-reactive ketones (excluding diaryl/α,β-unsaturated/α-hetero) is 1. The third-order valence-electron chi connectivity index (χ3n) is 4.25. The van der Waals surface area contributed by atoms with Crippen LogP contribution < -0.4 is 0 Å². The average molecular weight is 258 g/mol. The molecular weight excluding hydrogens is 232 g/mol. The Morgan fingerprint density at radius 2 is 1.79 bits per heavy atom. The number of rotatable bonds is 7. The van der Waals surface area contributed by atoms with Crippen molar-refractivity contribution in [1.29, 1.82) is 0 Å². The summed E-state index contributed by atoms with van der Waals surface area (Å²) in [4.78, 5) is 11.4. The maximum Gasteiger partial charge on any atom is 0.133 e. The highest BCUT2D eigenvalue weighted by Gasteiger charge is 2.18. The van der Waals surface area contributed by atoms with Gasteiger partial charge in [-0.25, -0.2) is 0 Å². The van der Waals surface area contributed by atoms with Crippen LogP contribution in [0.1, 0.15) is 63.4 Å². The fourth-order valence-electron chi connectivity index (χ4n) is 3.12. The lowest BCUT2D eigenvalue weighted by Crippen LogP contribution is -2.14. The van der Waals surface area contributed by atoms with Crippen molar-refractivity contribution in [2.75, 3.05) is 0 Å². The molecule has 1 aliphatic rings. The van der Waals surface area contributed by atoms with Gasteiger partial charge in [0.2, 0.25) is 0 Å². The molecule has 0 heterocycles. The second-order valence-corrected chi connectivity index (χ2v) is 5.94. The summed E-state index contributed by atoms with van der Waals surface area (Å²) in [7, 11) is 0. The highest BCUT2D eigenvalue weighted by molar-refractivity contribution is 5.79. The second kappa shape index (κ2) is 8.14. The van der Waals surface area contributed by atoms with Crippen LogP contribution in [0, 0.1) is 5.92 Å². The van der Waals surface area contributed by atoms with E-state index in [9.17, 15) is 4.79 Å². The molecule has 0 amide bonds. The van der Waals surface area contributed by atoms with Gasteiger partial charge < -0.3 is 0 Å². The minimum atomic E-state index is 0.500. The van der Waals surface area contributed by atoms with Gasteiger partial charge in [0, 0.05) is 12.8 Å². The molecule has 0 aliphatic heterocycles. The maximum absolute atomic E-state index is 11.4. The molecule has 19 heavy (non-hydrogen) atoms. The van der Waals surface area contributed by atoms with Crippen molar-refractivity contribution >= 4 is 5.78 Å². The van der Waals surface area contributed by atoms with Crippen molar-refractivity contribution in [2.24, 2.45) is 5.92 Å². The molecule has 1 atom stereocenters. The van der Waals surface area contributed by atoms with E-state index < -0.39 is 0 Å². The number of carbonyl (C=O) groups excluding carboxylic acids is 1. The summed E-state index contributed by atoms with van der Waals surface area (Å²) in [5, 5.41) is 0. The fourth-order valence-corrected chi connectivity index (χ4v) is 3.12. The van der Waals surface area contributed by atoms with E-state index in [1.165, 1.54) is 50.5 Å². The van der Waals surface area contributed by atoms with Gasteiger partial charge in [0.05, 0.1) is 0 Å². The molecule has 0 N–H and O–H groups in total. The third kappa shape index (κ3) is 5.59. The predicted molar refractivity (Wildman–Crippen MR) is 80.2 cm³/mol. The number of aryl methyl sites for hydroxylation is 1. The molecule has 0 bridgehead atoms. The summed E-state index contributed by atoms with van der Waals surface area (Å²) in [6.07, 6.45) is 11.9. The third-order valence-corrected chi connectivity index (χ3v) is 4.25. The number of carbonyl (C=O) groups is 1. The van der Waals surface area contributed by atoms with E-state index in [0.717, 1.165) is 19.3 Å². The van der Waals surface area contributed by atoms with Gasteiger partial charge >= 0.3 is 0 Å². The molecule has 2 rings (SSSR count). The number of hydrogen-bond donors (Lipinski definition) is 0. The Labute approximate surface area is 117 Å². The van der Waals surface area contributed by atoms with Gasteiger partial charge in [-0.15, -0.1) is 0 Å². The van der Waals surface area contributed by atoms with Crippen molar-refractivity contribution in [2.45, 2.75) is 64.2 Å². The van der Waals surface area contributed by atoms with Gasteiger partial charge in [-0.2, -0.15) is 0 Å². The van der Waals surface area contributed by atoms with Crippen molar-refractivity contribution in [3.8, 4) is 0 Å². The Balaban J connectivity index is 1.49. The lowest BCUT2D eigenvalue weighted by molar-refractivity contribution is -0.121. The first kappa shape index (κ1) is 14.3. The lowest BCUT2D eigenvalue weighted by Gasteiger charge is -2.20. The van der Waals surface area contributed by atoms with Crippen molar-refractivity contribution in [1.82, 2.24) is 0 Å².